The van der Waals surface area contributed by atoms with Crippen LogP contribution >= 0.6 is 0 Å². The van der Waals surface area contributed by atoms with Crippen molar-refractivity contribution in [3.8, 4) is 0 Å². The molecule has 7 heteroatoms. The maximum Gasteiger partial charge on any atom is 0.433 e. The van der Waals surface area contributed by atoms with Crippen LogP contribution in [0.2, 0.25) is 0 Å². The highest BCUT2D eigenvalue weighted by atomic mass is 16.6. The Morgan fingerprint density at radius 2 is 1.89 bits per heavy atom. The van der Waals surface area contributed by atoms with Crippen LogP contribution in [0.1, 0.15) is 21.7 Å². The van der Waals surface area contributed by atoms with Gasteiger partial charge in [-0.2, -0.15) is 0 Å². The van der Waals surface area contributed by atoms with Crippen LogP contribution in [-0.2, 0) is 13.0 Å². The van der Waals surface area contributed by atoms with Gasteiger partial charge in [0, 0.05) is 24.5 Å². The maximum atomic E-state index is 12.4. The van der Waals surface area contributed by atoms with E-state index < -0.39 is 16.7 Å². The molecule has 0 aliphatic carbocycles. The number of carbonyl (C=O) groups excluding carboxylic acids is 1. The molecule has 0 bridgehead atoms. The van der Waals surface area contributed by atoms with Gasteiger partial charge in [0.05, 0.1) is 6.07 Å². The van der Waals surface area contributed by atoms with E-state index in [1.54, 1.807) is 0 Å². The first-order chi connectivity index (χ1) is 13.1. The van der Waals surface area contributed by atoms with Crippen molar-refractivity contribution in [2.75, 3.05) is 16.8 Å². The zero-order valence-corrected chi connectivity index (χ0v) is 14.4. The second-order valence-electron chi connectivity index (χ2n) is 6.31. The van der Waals surface area contributed by atoms with Crippen LogP contribution in [0, 0.1) is 10.1 Å². The number of furan rings is 1. The largest absolute Gasteiger partial charge is 0.433 e. The Balaban J connectivity index is 1.53. The fraction of sp³-hybridized carbons (Fsp3) is 0.150. The van der Waals surface area contributed by atoms with Crippen molar-refractivity contribution in [3.63, 3.8) is 0 Å². The SMILES string of the molecule is O=C(Nc1ccccc1CN1CCc2ccccc21)c1ccc([N+](=O)[O-])o1. The van der Waals surface area contributed by atoms with Gasteiger partial charge in [-0.3, -0.25) is 14.9 Å². The molecule has 0 spiro atoms. The average Bonchev–Trinajstić information content (AvgIpc) is 3.31. The Hall–Kier alpha value is -3.61. The summed E-state index contributed by atoms with van der Waals surface area (Å²) in [6.07, 6.45) is 1.00. The lowest BCUT2D eigenvalue weighted by Gasteiger charge is -2.21. The van der Waals surface area contributed by atoms with E-state index >= 15 is 0 Å². The number of anilines is 2. The van der Waals surface area contributed by atoms with Gasteiger partial charge in [-0.15, -0.1) is 0 Å². The fourth-order valence-corrected chi connectivity index (χ4v) is 3.29. The summed E-state index contributed by atoms with van der Waals surface area (Å²) in [7, 11) is 0. The number of benzene rings is 2. The highest BCUT2D eigenvalue weighted by Crippen LogP contribution is 2.30. The average molecular weight is 363 g/mol. The molecular weight excluding hydrogens is 346 g/mol. The van der Waals surface area contributed by atoms with E-state index in [1.165, 1.54) is 23.4 Å². The van der Waals surface area contributed by atoms with E-state index in [0.717, 1.165) is 18.5 Å². The number of nitro groups is 1. The molecule has 0 atom stereocenters. The van der Waals surface area contributed by atoms with E-state index in [9.17, 15) is 14.9 Å². The minimum atomic E-state index is -0.671. The summed E-state index contributed by atoms with van der Waals surface area (Å²) >= 11 is 0. The number of rotatable bonds is 5. The van der Waals surface area contributed by atoms with Gasteiger partial charge < -0.3 is 14.6 Å². The van der Waals surface area contributed by atoms with Crippen molar-refractivity contribution < 1.29 is 14.1 Å². The summed E-state index contributed by atoms with van der Waals surface area (Å²) in [5, 5.41) is 13.5. The summed E-state index contributed by atoms with van der Waals surface area (Å²) in [5.41, 5.74) is 4.15. The van der Waals surface area contributed by atoms with Crippen LogP contribution in [0.15, 0.2) is 65.1 Å². The molecule has 1 aliphatic heterocycles. The smallest absolute Gasteiger partial charge is 0.395 e. The summed E-state index contributed by atoms with van der Waals surface area (Å²) in [6.45, 7) is 1.58. The quantitative estimate of drug-likeness (QED) is 0.547. The molecule has 0 unspecified atom stereocenters. The lowest BCUT2D eigenvalue weighted by molar-refractivity contribution is -0.402. The molecule has 0 fully saturated rings. The molecular formula is C20H17N3O4. The van der Waals surface area contributed by atoms with Crippen LogP contribution in [0.3, 0.4) is 0 Å². The van der Waals surface area contributed by atoms with Gasteiger partial charge in [-0.1, -0.05) is 36.4 Å². The molecule has 3 aromatic rings. The molecule has 136 valence electrons. The summed E-state index contributed by atoms with van der Waals surface area (Å²) in [4.78, 5) is 24.7. The van der Waals surface area contributed by atoms with E-state index in [0.29, 0.717) is 12.2 Å². The molecule has 27 heavy (non-hydrogen) atoms. The summed E-state index contributed by atoms with van der Waals surface area (Å²) in [5.74, 6) is -1.07. The normalized spacial score (nSPS) is 12.7. The van der Waals surface area contributed by atoms with Gasteiger partial charge in [0.15, 0.2) is 5.76 Å². The number of hydrogen-bond acceptors (Lipinski definition) is 5. The third kappa shape index (κ3) is 3.39. The van der Waals surface area contributed by atoms with Crippen LogP contribution < -0.4 is 10.2 Å². The Morgan fingerprint density at radius 1 is 1.11 bits per heavy atom. The molecule has 1 amide bonds. The second kappa shape index (κ2) is 6.95. The van der Waals surface area contributed by atoms with Gasteiger partial charge >= 0.3 is 5.88 Å². The Kier molecular flexibility index (Phi) is 4.33. The topological polar surface area (TPSA) is 88.6 Å². The van der Waals surface area contributed by atoms with Crippen LogP contribution in [0.5, 0.6) is 0 Å². The number of nitrogens with zero attached hydrogens (tertiary/aromatic N) is 2. The highest BCUT2D eigenvalue weighted by Gasteiger charge is 2.21. The lowest BCUT2D eigenvalue weighted by atomic mass is 10.1. The molecule has 2 aromatic carbocycles. The van der Waals surface area contributed by atoms with Gasteiger partial charge in [-0.05, 0) is 35.7 Å². The zero-order chi connectivity index (χ0) is 18.8. The molecule has 1 aromatic heterocycles. The number of hydrogen-bond donors (Lipinski definition) is 1. The van der Waals surface area contributed by atoms with E-state index in [-0.39, 0.29) is 5.76 Å². The summed E-state index contributed by atoms with van der Waals surface area (Å²) < 4.78 is 4.98. The van der Waals surface area contributed by atoms with Crippen molar-refractivity contribution in [1.82, 2.24) is 0 Å². The number of para-hydroxylation sites is 2. The van der Waals surface area contributed by atoms with Gasteiger partial charge in [-0.25, -0.2) is 0 Å². The lowest BCUT2D eigenvalue weighted by Crippen LogP contribution is -2.21. The Bertz CT molecular complexity index is 1010. The number of nitrogens with one attached hydrogen (secondary N) is 1. The van der Waals surface area contributed by atoms with E-state index in [2.05, 4.69) is 22.3 Å². The van der Waals surface area contributed by atoms with Crippen molar-refractivity contribution in [3.05, 3.63) is 87.7 Å². The maximum absolute atomic E-state index is 12.4. The Labute approximate surface area is 155 Å². The van der Waals surface area contributed by atoms with Crippen molar-refractivity contribution in [1.29, 1.82) is 0 Å². The van der Waals surface area contributed by atoms with Gasteiger partial charge in [0.1, 0.15) is 4.92 Å². The first-order valence-electron chi connectivity index (χ1n) is 8.58. The van der Waals surface area contributed by atoms with Crippen molar-refractivity contribution >= 4 is 23.2 Å². The monoisotopic (exact) mass is 363 g/mol. The molecule has 0 saturated heterocycles. The predicted octanol–water partition coefficient (Wildman–Crippen LogP) is 4.00. The highest BCUT2D eigenvalue weighted by molar-refractivity contribution is 6.02. The third-order valence-electron chi connectivity index (χ3n) is 4.61. The van der Waals surface area contributed by atoms with Crippen molar-refractivity contribution in [2.45, 2.75) is 13.0 Å². The number of fused-ring (bicyclic) bond motifs is 1. The second-order valence-corrected chi connectivity index (χ2v) is 6.31. The summed E-state index contributed by atoms with van der Waals surface area (Å²) in [6, 6.07) is 18.3. The minimum Gasteiger partial charge on any atom is -0.395 e. The predicted molar refractivity (Wildman–Crippen MR) is 101 cm³/mol. The van der Waals surface area contributed by atoms with Crippen LogP contribution in [-0.4, -0.2) is 17.4 Å². The molecule has 0 saturated carbocycles. The van der Waals surface area contributed by atoms with Gasteiger partial charge in [0.25, 0.3) is 5.91 Å². The fourth-order valence-electron chi connectivity index (χ4n) is 3.29. The van der Waals surface area contributed by atoms with Crippen molar-refractivity contribution in [2.24, 2.45) is 0 Å². The molecule has 1 N–H and O–H groups in total. The third-order valence-corrected chi connectivity index (χ3v) is 4.61. The molecule has 2 heterocycles. The Morgan fingerprint density at radius 3 is 2.70 bits per heavy atom. The van der Waals surface area contributed by atoms with E-state index in [4.69, 9.17) is 4.42 Å². The number of amides is 1. The molecule has 1 aliphatic rings. The first-order valence-corrected chi connectivity index (χ1v) is 8.58. The molecule has 7 nitrogen and oxygen atoms in total. The van der Waals surface area contributed by atoms with E-state index in [1.807, 2.05) is 36.4 Å². The van der Waals surface area contributed by atoms with Crippen LogP contribution in [0.25, 0.3) is 0 Å². The minimum absolute atomic E-state index is 0.0944. The zero-order valence-electron chi connectivity index (χ0n) is 14.4. The molecule has 4 rings (SSSR count). The first kappa shape index (κ1) is 16.8. The number of carbonyl (C=O) groups is 1. The molecule has 0 radical (unpaired) electrons. The van der Waals surface area contributed by atoms with Gasteiger partial charge in [0.2, 0.25) is 0 Å². The standard InChI is InChI=1S/C20H17N3O4/c24-20(18-9-10-19(27-18)23(25)26)21-16-7-3-1-6-15(16)13-22-12-11-14-5-2-4-8-17(14)22/h1-10H,11-13H2,(H,21,24). The van der Waals surface area contributed by atoms with Crippen LogP contribution in [0.4, 0.5) is 17.3 Å².